The van der Waals surface area contributed by atoms with Gasteiger partial charge in [0, 0.05) is 11.0 Å². The molecule has 1 fully saturated rings. The fraction of sp³-hybridized carbons (Fsp3) is 0.235. The highest BCUT2D eigenvalue weighted by molar-refractivity contribution is 9.10. The second kappa shape index (κ2) is 7.27. The molecule has 1 aromatic heterocycles. The van der Waals surface area contributed by atoms with E-state index in [9.17, 15) is 13.2 Å². The Bertz CT molecular complexity index is 1120. The Hall–Kier alpha value is -1.88. The van der Waals surface area contributed by atoms with E-state index in [4.69, 9.17) is 0 Å². The van der Waals surface area contributed by atoms with Gasteiger partial charge in [0.15, 0.2) is 0 Å². The second-order valence-corrected chi connectivity index (χ2v) is 9.37. The summed E-state index contributed by atoms with van der Waals surface area (Å²) < 4.78 is 36.7. The van der Waals surface area contributed by atoms with Crippen LogP contribution in [0, 0.1) is 0 Å². The minimum Gasteiger partial charge on any atom is -0.324 e. The largest absolute Gasteiger partial charge is 0.324 e. The van der Waals surface area contributed by atoms with E-state index in [1.807, 2.05) is 12.1 Å². The van der Waals surface area contributed by atoms with Crippen LogP contribution in [0.5, 0.6) is 0 Å². The molecule has 0 saturated carbocycles. The Morgan fingerprint density at radius 2 is 2.00 bits per heavy atom. The number of carbonyl (C=O) groups is 1. The third-order valence-electron chi connectivity index (χ3n) is 4.47. The summed E-state index contributed by atoms with van der Waals surface area (Å²) in [6.07, 6.45) is 1.10. The maximum absolute atomic E-state index is 13.3. The SMILES string of the molecule is O=C(Nc1ccccc1Br)[C@H]1CCCN1S(=O)(=O)c1cccc2nsnc12. The number of sulfonamides is 1. The number of nitrogens with one attached hydrogen (secondary N) is 1. The van der Waals surface area contributed by atoms with Crippen LogP contribution < -0.4 is 5.32 Å². The van der Waals surface area contributed by atoms with Gasteiger partial charge in [-0.2, -0.15) is 13.1 Å². The van der Waals surface area contributed by atoms with Crippen molar-refractivity contribution in [3.63, 3.8) is 0 Å². The topological polar surface area (TPSA) is 92.3 Å². The van der Waals surface area contributed by atoms with Crippen LogP contribution in [0.15, 0.2) is 51.8 Å². The molecule has 3 aromatic rings. The number of anilines is 1. The van der Waals surface area contributed by atoms with E-state index in [1.165, 1.54) is 10.4 Å². The lowest BCUT2D eigenvalue weighted by atomic mass is 10.2. The summed E-state index contributed by atoms with van der Waals surface area (Å²) in [5, 5.41) is 2.82. The molecular weight excluding hydrogens is 452 g/mol. The zero-order valence-electron chi connectivity index (χ0n) is 14.0. The Balaban J connectivity index is 1.65. The molecule has 0 aliphatic carbocycles. The summed E-state index contributed by atoms with van der Waals surface area (Å²) in [5.41, 5.74) is 1.49. The normalized spacial score (nSPS) is 18.0. The lowest BCUT2D eigenvalue weighted by molar-refractivity contribution is -0.119. The van der Waals surface area contributed by atoms with Crippen LogP contribution in [0.2, 0.25) is 0 Å². The first-order chi connectivity index (χ1) is 13.0. The van der Waals surface area contributed by atoms with Crippen molar-refractivity contribution in [1.29, 1.82) is 0 Å². The number of hydrogen-bond donors (Lipinski definition) is 1. The van der Waals surface area contributed by atoms with Crippen LogP contribution in [-0.4, -0.2) is 40.0 Å². The van der Waals surface area contributed by atoms with Crippen LogP contribution in [-0.2, 0) is 14.8 Å². The van der Waals surface area contributed by atoms with Crippen molar-refractivity contribution in [2.24, 2.45) is 0 Å². The molecule has 27 heavy (non-hydrogen) atoms. The molecule has 2 heterocycles. The molecule has 140 valence electrons. The van der Waals surface area contributed by atoms with Gasteiger partial charge in [0.1, 0.15) is 22.0 Å². The molecule has 0 radical (unpaired) electrons. The molecule has 1 saturated heterocycles. The van der Waals surface area contributed by atoms with E-state index in [-0.39, 0.29) is 10.8 Å². The van der Waals surface area contributed by atoms with Crippen LogP contribution >= 0.6 is 27.7 Å². The van der Waals surface area contributed by atoms with E-state index < -0.39 is 16.1 Å². The average Bonchev–Trinajstić information content (AvgIpc) is 3.32. The molecule has 0 unspecified atom stereocenters. The molecule has 10 heteroatoms. The van der Waals surface area contributed by atoms with Crippen molar-refractivity contribution in [3.8, 4) is 0 Å². The molecule has 2 aromatic carbocycles. The molecule has 1 atom stereocenters. The maximum atomic E-state index is 13.3. The first-order valence-electron chi connectivity index (χ1n) is 8.27. The lowest BCUT2D eigenvalue weighted by Crippen LogP contribution is -2.43. The number of para-hydroxylation sites is 1. The summed E-state index contributed by atoms with van der Waals surface area (Å²) in [7, 11) is -3.87. The molecule has 7 nitrogen and oxygen atoms in total. The number of carbonyl (C=O) groups excluding carboxylic acids is 1. The van der Waals surface area contributed by atoms with Crippen molar-refractivity contribution in [1.82, 2.24) is 13.1 Å². The third-order valence-corrected chi connectivity index (χ3v) is 7.65. The van der Waals surface area contributed by atoms with Crippen LogP contribution in [0.4, 0.5) is 5.69 Å². The van der Waals surface area contributed by atoms with E-state index >= 15 is 0 Å². The Morgan fingerprint density at radius 3 is 2.81 bits per heavy atom. The van der Waals surface area contributed by atoms with Gasteiger partial charge in [0.05, 0.1) is 17.4 Å². The van der Waals surface area contributed by atoms with Crippen LogP contribution in [0.3, 0.4) is 0 Å². The van der Waals surface area contributed by atoms with Gasteiger partial charge in [-0.25, -0.2) is 8.42 Å². The van der Waals surface area contributed by atoms with Gasteiger partial charge in [-0.1, -0.05) is 18.2 Å². The number of nitrogens with zero attached hydrogens (tertiary/aromatic N) is 3. The summed E-state index contributed by atoms with van der Waals surface area (Å²) in [6.45, 7) is 0.296. The molecule has 4 rings (SSSR count). The molecular formula is C17H15BrN4O3S2. The molecule has 1 aliphatic rings. The average molecular weight is 467 g/mol. The Morgan fingerprint density at radius 1 is 1.19 bits per heavy atom. The molecule has 1 aliphatic heterocycles. The first-order valence-corrected chi connectivity index (χ1v) is 11.2. The predicted octanol–water partition coefficient (Wildman–Crippen LogP) is 3.25. The first kappa shape index (κ1) is 18.5. The van der Waals surface area contributed by atoms with Crippen molar-refractivity contribution < 1.29 is 13.2 Å². The van der Waals surface area contributed by atoms with Gasteiger partial charge in [0.25, 0.3) is 0 Å². The van der Waals surface area contributed by atoms with E-state index in [1.54, 1.807) is 24.3 Å². The van der Waals surface area contributed by atoms with Gasteiger partial charge in [-0.3, -0.25) is 4.79 Å². The summed E-state index contributed by atoms with van der Waals surface area (Å²) in [5.74, 6) is -0.341. The summed E-state index contributed by atoms with van der Waals surface area (Å²) >= 11 is 4.36. The number of rotatable bonds is 4. The Kier molecular flexibility index (Phi) is 4.97. The predicted molar refractivity (Wildman–Crippen MR) is 107 cm³/mol. The van der Waals surface area contributed by atoms with Gasteiger partial charge in [0.2, 0.25) is 15.9 Å². The van der Waals surface area contributed by atoms with Crippen molar-refractivity contribution in [2.45, 2.75) is 23.8 Å². The number of amides is 1. The van der Waals surface area contributed by atoms with E-state index in [0.717, 1.165) is 16.2 Å². The van der Waals surface area contributed by atoms with Gasteiger partial charge in [-0.15, -0.1) is 0 Å². The fourth-order valence-corrected chi connectivity index (χ4v) is 5.98. The minimum absolute atomic E-state index is 0.0920. The molecule has 0 bridgehead atoms. The summed E-state index contributed by atoms with van der Waals surface area (Å²) in [4.78, 5) is 12.9. The Labute approximate surface area is 168 Å². The summed E-state index contributed by atoms with van der Waals surface area (Å²) in [6, 6.07) is 11.3. The number of hydrogen-bond acceptors (Lipinski definition) is 6. The highest BCUT2D eigenvalue weighted by atomic mass is 79.9. The third kappa shape index (κ3) is 3.38. The number of halogens is 1. The quantitative estimate of drug-likeness (QED) is 0.636. The van der Waals surface area contributed by atoms with Crippen LogP contribution in [0.1, 0.15) is 12.8 Å². The maximum Gasteiger partial charge on any atom is 0.246 e. The highest BCUT2D eigenvalue weighted by Crippen LogP contribution is 2.31. The van der Waals surface area contributed by atoms with Crippen molar-refractivity contribution >= 4 is 60.3 Å². The van der Waals surface area contributed by atoms with Gasteiger partial charge < -0.3 is 5.32 Å². The fourth-order valence-electron chi connectivity index (χ4n) is 3.18. The lowest BCUT2D eigenvalue weighted by Gasteiger charge is -2.23. The van der Waals surface area contributed by atoms with E-state index in [2.05, 4.69) is 30.0 Å². The second-order valence-electron chi connectivity index (χ2n) is 6.13. The molecule has 1 amide bonds. The number of benzene rings is 2. The molecule has 1 N–H and O–H groups in total. The monoisotopic (exact) mass is 466 g/mol. The zero-order valence-corrected chi connectivity index (χ0v) is 17.2. The minimum atomic E-state index is -3.87. The van der Waals surface area contributed by atoms with Crippen molar-refractivity contribution in [2.75, 3.05) is 11.9 Å². The zero-order chi connectivity index (χ0) is 19.0. The molecule has 0 spiro atoms. The van der Waals surface area contributed by atoms with Gasteiger partial charge in [-0.05, 0) is 53.0 Å². The van der Waals surface area contributed by atoms with Crippen molar-refractivity contribution in [3.05, 3.63) is 46.9 Å². The van der Waals surface area contributed by atoms with Gasteiger partial charge >= 0.3 is 0 Å². The smallest absolute Gasteiger partial charge is 0.246 e. The van der Waals surface area contributed by atoms with E-state index in [0.29, 0.717) is 36.1 Å². The van der Waals surface area contributed by atoms with Crippen LogP contribution in [0.25, 0.3) is 11.0 Å². The highest BCUT2D eigenvalue weighted by Gasteiger charge is 2.40. The number of aromatic nitrogens is 2. The standard InChI is InChI=1S/C17H15BrN4O3S2/c18-11-5-1-2-6-12(11)19-17(23)14-8-4-10-22(14)27(24,25)15-9-3-7-13-16(15)21-26-20-13/h1-3,5-7,9,14H,4,8,10H2,(H,19,23)/t14-/m1/s1. The number of fused-ring (bicyclic) bond motifs is 1.